The van der Waals surface area contributed by atoms with Crippen molar-refractivity contribution in [2.45, 2.75) is 39.0 Å². The van der Waals surface area contributed by atoms with Gasteiger partial charge in [-0.15, -0.1) is 0 Å². The number of carbonyl (C=O) groups excluding carboxylic acids is 1. The molecule has 132 valence electrons. The number of ether oxygens (including phenoxy) is 1. The van der Waals surface area contributed by atoms with Crippen molar-refractivity contribution in [2.75, 3.05) is 19.8 Å². The average Bonchev–Trinajstić information content (AvgIpc) is 2.64. The van der Waals surface area contributed by atoms with Crippen molar-refractivity contribution in [3.8, 4) is 0 Å². The number of hydrogen-bond acceptors (Lipinski definition) is 4. The summed E-state index contributed by atoms with van der Waals surface area (Å²) in [7, 11) is 0. The summed E-state index contributed by atoms with van der Waals surface area (Å²) >= 11 is 0. The molecule has 0 spiro atoms. The van der Waals surface area contributed by atoms with Crippen LogP contribution in [0.25, 0.3) is 0 Å². The maximum Gasteiger partial charge on any atom is 0.313 e. The van der Waals surface area contributed by atoms with Crippen LogP contribution in [-0.4, -0.2) is 36.0 Å². The van der Waals surface area contributed by atoms with E-state index in [1.165, 1.54) is 5.57 Å². The standard InChI is InChI=1S/C20H28O4/c1-14-5-3-6-15(2)19-18(10-9-14)17(13-24-20(19)23)8-4-7-16(11-21)12-22/h5,7-8,18-19,21-22H,2-4,6,9-13H2,1H3/b14-5+,17-8+/t18-,19+/m1/s1. The second-order valence-electron chi connectivity index (χ2n) is 6.67. The Kier molecular flexibility index (Phi) is 7.00. The molecule has 1 heterocycles. The predicted octanol–water partition coefficient (Wildman–Crippen LogP) is 3.08. The number of aliphatic hydroxyl groups excluding tert-OH is 2. The fourth-order valence-corrected chi connectivity index (χ4v) is 3.44. The molecular formula is C20H28O4. The van der Waals surface area contributed by atoms with E-state index in [1.807, 2.05) is 6.08 Å². The molecule has 4 nitrogen and oxygen atoms in total. The van der Waals surface area contributed by atoms with Crippen molar-refractivity contribution < 1.29 is 19.7 Å². The van der Waals surface area contributed by atoms with E-state index in [0.717, 1.165) is 36.8 Å². The van der Waals surface area contributed by atoms with Crippen LogP contribution >= 0.6 is 0 Å². The van der Waals surface area contributed by atoms with Crippen LogP contribution in [0.5, 0.6) is 0 Å². The molecule has 1 fully saturated rings. The van der Waals surface area contributed by atoms with Gasteiger partial charge in [-0.2, -0.15) is 0 Å². The van der Waals surface area contributed by atoms with Gasteiger partial charge in [-0.3, -0.25) is 4.79 Å². The van der Waals surface area contributed by atoms with Crippen molar-refractivity contribution in [3.63, 3.8) is 0 Å². The number of rotatable bonds is 4. The SMILES string of the molecule is C=C1CC/C=C(\C)CC[C@@H]2/C(=C/CC=C(CO)CO)COC(=O)[C@@H]12. The van der Waals surface area contributed by atoms with Crippen LogP contribution in [0.1, 0.15) is 39.0 Å². The van der Waals surface area contributed by atoms with Crippen LogP contribution in [0, 0.1) is 11.8 Å². The molecule has 2 N–H and O–H groups in total. The molecule has 2 atom stereocenters. The van der Waals surface area contributed by atoms with Gasteiger partial charge in [0.25, 0.3) is 0 Å². The van der Waals surface area contributed by atoms with Crippen molar-refractivity contribution in [3.05, 3.63) is 47.1 Å². The monoisotopic (exact) mass is 332 g/mol. The van der Waals surface area contributed by atoms with Crippen LogP contribution in [0.3, 0.4) is 0 Å². The minimum Gasteiger partial charge on any atom is -0.461 e. The average molecular weight is 332 g/mol. The Morgan fingerprint density at radius 1 is 1.38 bits per heavy atom. The number of fused-ring (bicyclic) bond motifs is 1. The predicted molar refractivity (Wildman–Crippen MR) is 94.3 cm³/mol. The van der Waals surface area contributed by atoms with E-state index in [2.05, 4.69) is 25.7 Å². The Balaban J connectivity index is 2.22. The molecule has 0 aromatic carbocycles. The quantitative estimate of drug-likeness (QED) is 0.613. The first-order chi connectivity index (χ1) is 11.6. The van der Waals surface area contributed by atoms with Crippen LogP contribution in [0.4, 0.5) is 0 Å². The lowest BCUT2D eigenvalue weighted by atomic mass is 9.76. The maximum atomic E-state index is 12.3. The molecule has 2 rings (SSSR count). The van der Waals surface area contributed by atoms with Gasteiger partial charge in [0.1, 0.15) is 6.61 Å². The first-order valence-corrected chi connectivity index (χ1v) is 8.65. The summed E-state index contributed by atoms with van der Waals surface area (Å²) in [5, 5.41) is 18.2. The topological polar surface area (TPSA) is 66.8 Å². The molecule has 0 saturated carbocycles. The molecule has 0 radical (unpaired) electrons. The Morgan fingerprint density at radius 3 is 2.83 bits per heavy atom. The van der Waals surface area contributed by atoms with Gasteiger partial charge < -0.3 is 14.9 Å². The minimum absolute atomic E-state index is 0.137. The van der Waals surface area contributed by atoms with Gasteiger partial charge in [0.05, 0.1) is 19.1 Å². The first kappa shape index (κ1) is 18.7. The van der Waals surface area contributed by atoms with Crippen LogP contribution < -0.4 is 0 Å². The molecule has 0 unspecified atom stereocenters. The van der Waals surface area contributed by atoms with E-state index in [1.54, 1.807) is 0 Å². The number of cyclic esters (lactones) is 1. The van der Waals surface area contributed by atoms with Crippen molar-refractivity contribution in [1.29, 1.82) is 0 Å². The number of carbonyl (C=O) groups is 1. The zero-order chi connectivity index (χ0) is 17.5. The highest BCUT2D eigenvalue weighted by Gasteiger charge is 2.38. The number of allylic oxidation sites excluding steroid dienone is 4. The summed E-state index contributed by atoms with van der Waals surface area (Å²) in [4.78, 5) is 12.3. The lowest BCUT2D eigenvalue weighted by Gasteiger charge is -2.33. The number of esters is 1. The highest BCUT2D eigenvalue weighted by molar-refractivity contribution is 5.78. The van der Waals surface area contributed by atoms with Crippen molar-refractivity contribution in [1.82, 2.24) is 0 Å². The molecule has 0 aromatic rings. The third kappa shape index (κ3) is 4.68. The smallest absolute Gasteiger partial charge is 0.313 e. The van der Waals surface area contributed by atoms with Gasteiger partial charge in [0.2, 0.25) is 0 Å². The molecule has 0 bridgehead atoms. The second-order valence-corrected chi connectivity index (χ2v) is 6.67. The van der Waals surface area contributed by atoms with Gasteiger partial charge in [0.15, 0.2) is 0 Å². The zero-order valence-corrected chi connectivity index (χ0v) is 14.5. The first-order valence-electron chi connectivity index (χ1n) is 8.65. The van der Waals surface area contributed by atoms with Gasteiger partial charge in [-0.1, -0.05) is 36.0 Å². The fourth-order valence-electron chi connectivity index (χ4n) is 3.44. The fraction of sp³-hybridized carbons (Fsp3) is 0.550. The third-order valence-electron chi connectivity index (χ3n) is 4.95. The molecule has 1 saturated heterocycles. The van der Waals surface area contributed by atoms with Crippen molar-refractivity contribution >= 4 is 5.97 Å². The van der Waals surface area contributed by atoms with E-state index in [0.29, 0.717) is 18.6 Å². The Labute approximate surface area is 144 Å². The van der Waals surface area contributed by atoms with E-state index in [9.17, 15) is 4.79 Å². The highest BCUT2D eigenvalue weighted by atomic mass is 16.5. The zero-order valence-electron chi connectivity index (χ0n) is 14.5. The lowest BCUT2D eigenvalue weighted by molar-refractivity contribution is -0.151. The van der Waals surface area contributed by atoms with E-state index < -0.39 is 0 Å². The molecule has 1 aliphatic heterocycles. The second kappa shape index (κ2) is 9.00. The van der Waals surface area contributed by atoms with E-state index in [4.69, 9.17) is 14.9 Å². The molecule has 0 amide bonds. The molecule has 0 aromatic heterocycles. The normalized spacial score (nSPS) is 28.8. The summed E-state index contributed by atoms with van der Waals surface area (Å²) in [6.07, 6.45) is 10.4. The Morgan fingerprint density at radius 2 is 2.12 bits per heavy atom. The molecule has 2 aliphatic rings. The maximum absolute atomic E-state index is 12.3. The number of hydrogen-bond donors (Lipinski definition) is 2. The third-order valence-corrected chi connectivity index (χ3v) is 4.95. The van der Waals surface area contributed by atoms with Crippen LogP contribution in [0.2, 0.25) is 0 Å². The molecule has 4 heteroatoms. The summed E-state index contributed by atoms with van der Waals surface area (Å²) < 4.78 is 5.40. The molecule has 24 heavy (non-hydrogen) atoms. The van der Waals surface area contributed by atoms with Crippen LogP contribution in [0.15, 0.2) is 47.1 Å². The van der Waals surface area contributed by atoms with Gasteiger partial charge in [-0.25, -0.2) is 0 Å². The molecule has 1 aliphatic carbocycles. The Bertz CT molecular complexity index is 562. The number of aliphatic hydroxyl groups is 2. The summed E-state index contributed by atoms with van der Waals surface area (Å²) in [5.41, 5.74) is 4.06. The van der Waals surface area contributed by atoms with E-state index in [-0.39, 0.29) is 31.0 Å². The van der Waals surface area contributed by atoms with Gasteiger partial charge in [0, 0.05) is 5.92 Å². The summed E-state index contributed by atoms with van der Waals surface area (Å²) in [6.45, 7) is 6.35. The Hall–Kier alpha value is -1.65. The van der Waals surface area contributed by atoms with Crippen molar-refractivity contribution in [2.24, 2.45) is 11.8 Å². The largest absolute Gasteiger partial charge is 0.461 e. The van der Waals surface area contributed by atoms with Gasteiger partial charge >= 0.3 is 5.97 Å². The summed E-state index contributed by atoms with van der Waals surface area (Å²) in [6, 6.07) is 0. The minimum atomic E-state index is -0.247. The van der Waals surface area contributed by atoms with Gasteiger partial charge in [-0.05, 0) is 50.2 Å². The van der Waals surface area contributed by atoms with Crippen LogP contribution in [-0.2, 0) is 9.53 Å². The lowest BCUT2D eigenvalue weighted by Crippen LogP contribution is -2.35. The summed E-state index contributed by atoms with van der Waals surface area (Å²) in [5.74, 6) is -0.257. The highest BCUT2D eigenvalue weighted by Crippen LogP contribution is 2.39. The van der Waals surface area contributed by atoms with E-state index >= 15 is 0 Å². The molecular weight excluding hydrogens is 304 g/mol.